The molecule has 3 aliphatic heterocycles. The number of thiazole rings is 1. The third-order valence-electron chi connectivity index (χ3n) is 5.20. The number of nitrogen functional groups attached to an aromatic ring is 1. The van der Waals surface area contributed by atoms with Crippen molar-refractivity contribution in [3.05, 3.63) is 21.7 Å². The molecule has 3 atom stereocenters. The average Bonchev–Trinajstić information content (AvgIpc) is 3.40. The Kier molecular flexibility index (Phi) is 9.11. The molecule has 35 heavy (non-hydrogen) atoms. The van der Waals surface area contributed by atoms with Gasteiger partial charge in [-0.3, -0.25) is 24.1 Å². The van der Waals surface area contributed by atoms with E-state index in [9.17, 15) is 24.3 Å². The molecule has 0 spiro atoms. The van der Waals surface area contributed by atoms with Gasteiger partial charge in [0.2, 0.25) is 0 Å². The fraction of sp³-hybridized carbons (Fsp3) is 0.444. The molecule has 3 amide bonds. The zero-order valence-electron chi connectivity index (χ0n) is 18.9. The predicted molar refractivity (Wildman–Crippen MR) is 122 cm³/mol. The maximum atomic E-state index is 12.9. The number of oxime groups is 1. The number of carboxylic acids is 1. The van der Waals surface area contributed by atoms with Crippen LogP contribution in [-0.4, -0.2) is 87.5 Å². The van der Waals surface area contributed by atoms with Crippen LogP contribution in [0.2, 0.25) is 0 Å². The Bertz CT molecular complexity index is 1110. The number of hydrogen-bond acceptors (Lipinski definition) is 13. The molecule has 0 radical (unpaired) electrons. The molecule has 0 aromatic carbocycles. The number of anilines is 1. The quantitative estimate of drug-likeness (QED) is 0.138. The molecule has 3 N–H and O–H groups in total. The number of fused-ring (bicyclic) bond motifs is 1. The van der Waals surface area contributed by atoms with E-state index in [4.69, 9.17) is 15.4 Å². The van der Waals surface area contributed by atoms with Crippen LogP contribution in [0.4, 0.5) is 5.13 Å². The van der Waals surface area contributed by atoms with Gasteiger partial charge in [-0.1, -0.05) is 5.16 Å². The molecule has 1 aromatic rings. The van der Waals surface area contributed by atoms with Gasteiger partial charge in [-0.25, -0.2) is 10.0 Å². The van der Waals surface area contributed by atoms with E-state index in [1.807, 2.05) is 0 Å². The second-order valence-electron chi connectivity index (χ2n) is 7.13. The minimum absolute atomic E-state index is 0. The Hall–Kier alpha value is -1.82. The molecule has 4 rings (SSSR count). The van der Waals surface area contributed by atoms with Crippen LogP contribution in [0.1, 0.15) is 12.1 Å². The number of β-lactam (4-membered cyclic amide) rings is 1. The largest absolute Gasteiger partial charge is 1.00 e. The first-order chi connectivity index (χ1) is 16.3. The van der Waals surface area contributed by atoms with Gasteiger partial charge in [-0.2, -0.15) is 0 Å². The molecule has 4 heterocycles. The molecule has 0 aliphatic carbocycles. The number of nitrogens with one attached hydrogen (secondary N) is 1. The summed E-state index contributed by atoms with van der Waals surface area (Å²) in [6.45, 7) is 0.392. The Balaban J connectivity index is 0.00000342. The number of carboxylic acid groups (broad SMARTS) is 1. The number of nitrogens with zero attached hydrogens (tertiary/aromatic N) is 4. The van der Waals surface area contributed by atoms with Crippen molar-refractivity contribution in [1.82, 2.24) is 20.3 Å². The number of hydroxylamine groups is 2. The summed E-state index contributed by atoms with van der Waals surface area (Å²) in [7, 11) is 2.64. The van der Waals surface area contributed by atoms with Gasteiger partial charge in [0.25, 0.3) is 17.7 Å². The molecule has 182 valence electrons. The Morgan fingerprint density at radius 2 is 2.09 bits per heavy atom. The number of aromatic nitrogens is 1. The number of aliphatic carboxylic acids is 1. The van der Waals surface area contributed by atoms with Crippen LogP contribution >= 0.6 is 34.9 Å². The Morgan fingerprint density at radius 3 is 2.66 bits per heavy atom. The minimum Gasteiger partial charge on any atom is -0.543 e. The first kappa shape index (κ1) is 27.8. The van der Waals surface area contributed by atoms with Gasteiger partial charge in [0, 0.05) is 16.0 Å². The number of nitrogens with two attached hydrogens (primary N) is 1. The summed E-state index contributed by atoms with van der Waals surface area (Å²) in [5.41, 5.74) is 5.34. The van der Waals surface area contributed by atoms with Gasteiger partial charge < -0.3 is 25.8 Å². The van der Waals surface area contributed by atoms with Crippen molar-refractivity contribution in [2.24, 2.45) is 5.16 Å². The number of carbonyl (C=O) groups excluding carboxylic acids is 4. The van der Waals surface area contributed by atoms with Crippen LogP contribution in [0, 0.1) is 0 Å². The number of thioether (sulfide) groups is 2. The number of amides is 3. The Morgan fingerprint density at radius 1 is 1.34 bits per heavy atom. The second kappa shape index (κ2) is 11.5. The fourth-order valence-electron chi connectivity index (χ4n) is 3.66. The van der Waals surface area contributed by atoms with Crippen molar-refractivity contribution in [2.45, 2.75) is 23.1 Å². The molecule has 1 unspecified atom stereocenters. The van der Waals surface area contributed by atoms with E-state index in [1.165, 1.54) is 36.4 Å². The van der Waals surface area contributed by atoms with E-state index in [-0.39, 0.29) is 63.5 Å². The molecule has 1 aromatic heterocycles. The van der Waals surface area contributed by atoms with Crippen molar-refractivity contribution in [3.63, 3.8) is 0 Å². The van der Waals surface area contributed by atoms with E-state index in [1.54, 1.807) is 0 Å². The predicted octanol–water partition coefficient (Wildman–Crippen LogP) is -4.66. The summed E-state index contributed by atoms with van der Waals surface area (Å²) >= 11 is 3.47. The van der Waals surface area contributed by atoms with E-state index < -0.39 is 34.4 Å². The monoisotopic (exact) mass is 550 g/mol. The van der Waals surface area contributed by atoms with Crippen molar-refractivity contribution < 1.29 is 63.5 Å². The Labute approximate surface area is 234 Å². The van der Waals surface area contributed by atoms with Crippen LogP contribution in [-0.2, 0) is 28.9 Å². The molecule has 2 saturated heterocycles. The van der Waals surface area contributed by atoms with Crippen LogP contribution < -0.4 is 45.7 Å². The van der Waals surface area contributed by atoms with Crippen LogP contribution in [0.5, 0.6) is 0 Å². The molecule has 0 bridgehead atoms. The molecule has 13 nitrogen and oxygen atoms in total. The number of carbonyl (C=O) groups is 4. The smallest absolute Gasteiger partial charge is 0.543 e. The normalized spacial score (nSPS) is 24.1. The zero-order chi connectivity index (χ0) is 24.6. The number of rotatable bonds is 8. The van der Waals surface area contributed by atoms with Gasteiger partial charge in [-0.15, -0.1) is 34.9 Å². The molecular weight excluding hydrogens is 531 g/mol. The van der Waals surface area contributed by atoms with E-state index in [0.29, 0.717) is 17.9 Å². The standard InChI is InChI=1S/C18H20N6O7S3.Na/c1-30-22-10(7-5-33-18(19)20-7)13(25)21-11-15(27)24-12(17(28)29)9(6-32-16(11)24)34-8-3-4-23(31-2)14(8)26;/h5,8,11,16H,3-4,6H2,1-2H3,(H2,19,20)(H,21,25)(H,28,29);/q;+1/p-1/b22-10-;/t8?,11-,16-;/m1./s1. The van der Waals surface area contributed by atoms with Crippen molar-refractivity contribution in [1.29, 1.82) is 0 Å². The van der Waals surface area contributed by atoms with Gasteiger partial charge in [0.15, 0.2) is 10.8 Å². The van der Waals surface area contributed by atoms with Gasteiger partial charge >= 0.3 is 29.6 Å². The third kappa shape index (κ3) is 5.33. The van der Waals surface area contributed by atoms with Crippen molar-refractivity contribution in [3.8, 4) is 0 Å². The van der Waals surface area contributed by atoms with Crippen LogP contribution in [0.25, 0.3) is 0 Å². The van der Waals surface area contributed by atoms with E-state index in [2.05, 4.69) is 15.5 Å². The summed E-state index contributed by atoms with van der Waals surface area (Å²) < 4.78 is 0. The maximum Gasteiger partial charge on any atom is 1.00 e. The van der Waals surface area contributed by atoms with Gasteiger partial charge in [0.1, 0.15) is 24.2 Å². The van der Waals surface area contributed by atoms with Crippen molar-refractivity contribution >= 4 is 69.4 Å². The molecule has 17 heteroatoms. The summed E-state index contributed by atoms with van der Waals surface area (Å²) in [5.74, 6) is -2.90. The van der Waals surface area contributed by atoms with Crippen LogP contribution in [0.15, 0.2) is 21.1 Å². The third-order valence-corrected chi connectivity index (χ3v) is 8.68. The second-order valence-corrected chi connectivity index (χ2v) is 10.4. The fourth-order valence-corrected chi connectivity index (χ4v) is 6.96. The topological polar surface area (TPSA) is 180 Å². The average molecular weight is 551 g/mol. The zero-order valence-corrected chi connectivity index (χ0v) is 23.3. The van der Waals surface area contributed by atoms with Crippen LogP contribution in [0.3, 0.4) is 0 Å². The summed E-state index contributed by atoms with van der Waals surface area (Å²) in [5, 5.41) is 20.0. The molecule has 3 aliphatic rings. The van der Waals surface area contributed by atoms with E-state index in [0.717, 1.165) is 28.0 Å². The number of hydrogen-bond donors (Lipinski definition) is 2. The minimum atomic E-state index is -1.53. The van der Waals surface area contributed by atoms with Gasteiger partial charge in [-0.05, 0) is 6.42 Å². The summed E-state index contributed by atoms with van der Waals surface area (Å²) in [4.78, 5) is 65.1. The van der Waals surface area contributed by atoms with Gasteiger partial charge in [0.05, 0.1) is 30.6 Å². The SMILES string of the molecule is CO/N=C(\C(=O)N[C@@H]1C(=O)N2C(C(=O)[O-])=C(SC3CCN(OC)C3=O)CS[C@H]12)c1csc(N)n1.[Na+]. The summed E-state index contributed by atoms with van der Waals surface area (Å²) in [6, 6.07) is -0.992. The van der Waals surface area contributed by atoms with Crippen molar-refractivity contribution in [2.75, 3.05) is 32.3 Å². The molecule has 2 fully saturated rings. The maximum absolute atomic E-state index is 12.9. The first-order valence-electron chi connectivity index (χ1n) is 9.81. The van der Waals surface area contributed by atoms with E-state index >= 15 is 0 Å². The molecule has 0 saturated carbocycles. The molecular formula is C18H19N6NaO7S3. The summed E-state index contributed by atoms with van der Waals surface area (Å²) in [6.07, 6.45) is 0.477. The first-order valence-corrected chi connectivity index (χ1v) is 12.6.